The summed E-state index contributed by atoms with van der Waals surface area (Å²) in [5.74, 6) is -0.714. The Balaban J connectivity index is 2.59. The Morgan fingerprint density at radius 1 is 0.692 bits per heavy atom. The third-order valence-corrected chi connectivity index (χ3v) is 10.3. The zero-order chi connectivity index (χ0) is 38.6. The van der Waals surface area contributed by atoms with Crippen LogP contribution >= 0.6 is 0 Å². The minimum atomic E-state index is -1.66. The van der Waals surface area contributed by atoms with E-state index in [1.54, 1.807) is 7.05 Å². The van der Waals surface area contributed by atoms with Gasteiger partial charge in [0.2, 0.25) is 11.8 Å². The molecule has 1 saturated heterocycles. The fraction of sp³-hybridized carbons (Fsp3) is 0.950. The summed E-state index contributed by atoms with van der Waals surface area (Å²) in [5.41, 5.74) is 0. The van der Waals surface area contributed by atoms with E-state index in [9.17, 15) is 40.2 Å². The number of likely N-dealkylation sites (N-methyl/N-ethyl adjacent to an activating group) is 1. The smallest absolute Gasteiger partial charge is 0.240 e. The molecule has 0 saturated carbocycles. The number of hydrogen-bond acceptors (Lipinski definition) is 10. The van der Waals surface area contributed by atoms with Crippen LogP contribution in [-0.2, 0) is 19.1 Å². The highest BCUT2D eigenvalue weighted by Gasteiger charge is 2.44. The lowest BCUT2D eigenvalue weighted by atomic mass is 9.98. The molecule has 1 aliphatic heterocycles. The Hall–Kier alpha value is -1.38. The average Bonchev–Trinajstić information content (AvgIpc) is 3.13. The van der Waals surface area contributed by atoms with Gasteiger partial charge in [-0.3, -0.25) is 9.59 Å². The predicted octanol–water partition coefficient (Wildman–Crippen LogP) is 4.87. The molecular formula is C40H78N2O10. The molecule has 52 heavy (non-hydrogen) atoms. The first-order valence-corrected chi connectivity index (χ1v) is 20.9. The van der Waals surface area contributed by atoms with Crippen LogP contribution in [0.2, 0.25) is 0 Å². The first kappa shape index (κ1) is 48.6. The summed E-state index contributed by atoms with van der Waals surface area (Å²) < 4.78 is 11.1. The van der Waals surface area contributed by atoms with Crippen LogP contribution in [0.3, 0.4) is 0 Å². The second-order valence-corrected chi connectivity index (χ2v) is 15.1. The molecule has 0 aromatic heterocycles. The molecule has 308 valence electrons. The van der Waals surface area contributed by atoms with E-state index in [-0.39, 0.29) is 12.5 Å². The number of aliphatic hydroxyl groups excluding tert-OH is 6. The number of unbranched alkanes of at least 4 members (excludes halogenated alkanes) is 20. The summed E-state index contributed by atoms with van der Waals surface area (Å²) in [6.07, 6.45) is 16.1. The Bertz CT molecular complexity index is 881. The molecule has 1 heterocycles. The number of carbonyl (C=O) groups is 2. The topological polar surface area (TPSA) is 189 Å². The minimum absolute atomic E-state index is 0.156. The molecule has 0 aromatic carbocycles. The van der Waals surface area contributed by atoms with Crippen molar-refractivity contribution in [2.24, 2.45) is 0 Å². The van der Waals surface area contributed by atoms with Gasteiger partial charge in [-0.05, 0) is 12.8 Å². The van der Waals surface area contributed by atoms with Crippen molar-refractivity contribution in [1.82, 2.24) is 10.2 Å². The van der Waals surface area contributed by atoms with Gasteiger partial charge in [0, 0.05) is 13.5 Å². The van der Waals surface area contributed by atoms with Gasteiger partial charge in [0.15, 0.2) is 6.29 Å². The second-order valence-electron chi connectivity index (χ2n) is 15.1. The van der Waals surface area contributed by atoms with Crippen LogP contribution in [0.4, 0.5) is 0 Å². The Morgan fingerprint density at radius 3 is 1.63 bits per heavy atom. The third kappa shape index (κ3) is 21.5. The van der Waals surface area contributed by atoms with Crippen molar-refractivity contribution < 1.29 is 49.7 Å². The van der Waals surface area contributed by atoms with Gasteiger partial charge in [-0.2, -0.15) is 0 Å². The van der Waals surface area contributed by atoms with Gasteiger partial charge in [-0.1, -0.05) is 149 Å². The second kappa shape index (κ2) is 30.9. The van der Waals surface area contributed by atoms with Crippen molar-refractivity contribution in [3.63, 3.8) is 0 Å². The van der Waals surface area contributed by atoms with Crippen molar-refractivity contribution >= 4 is 11.8 Å². The quantitative estimate of drug-likeness (QED) is 0.0457. The van der Waals surface area contributed by atoms with E-state index in [4.69, 9.17) is 9.47 Å². The monoisotopic (exact) mass is 747 g/mol. The van der Waals surface area contributed by atoms with Gasteiger partial charge >= 0.3 is 0 Å². The van der Waals surface area contributed by atoms with Crippen LogP contribution in [0, 0.1) is 0 Å². The molecule has 0 spiro atoms. The number of nitrogens with zero attached hydrogens (tertiary/aromatic N) is 1. The first-order valence-electron chi connectivity index (χ1n) is 20.9. The Kier molecular flexibility index (Phi) is 28.9. The number of ether oxygens (including phenoxy) is 2. The highest BCUT2D eigenvalue weighted by Crippen LogP contribution is 2.23. The number of nitrogens with one attached hydrogen (secondary N) is 1. The number of amides is 2. The van der Waals surface area contributed by atoms with Crippen molar-refractivity contribution in [3.05, 3.63) is 0 Å². The predicted molar refractivity (Wildman–Crippen MR) is 203 cm³/mol. The SMILES string of the molecule is CCCCCCCCCCCCCC[C@@H](O)[C@@H](O)[C@H](CO[C@H]1OC(CO)[C@H](O)[C@H](O)C1O)NC(=O)CN(C)C(=O)CCCCCCCCCCCC. The van der Waals surface area contributed by atoms with Gasteiger partial charge < -0.3 is 50.3 Å². The summed E-state index contributed by atoms with van der Waals surface area (Å²) in [6, 6.07) is -1.14. The van der Waals surface area contributed by atoms with Crippen molar-refractivity contribution in [1.29, 1.82) is 0 Å². The molecule has 7 N–H and O–H groups in total. The van der Waals surface area contributed by atoms with Crippen LogP contribution in [-0.4, -0.2) is 123 Å². The Morgan fingerprint density at radius 2 is 1.15 bits per heavy atom. The van der Waals surface area contributed by atoms with Gasteiger partial charge in [0.25, 0.3) is 0 Å². The first-order chi connectivity index (χ1) is 25.1. The van der Waals surface area contributed by atoms with Crippen LogP contribution in [0.5, 0.6) is 0 Å². The van der Waals surface area contributed by atoms with Crippen molar-refractivity contribution in [2.75, 3.05) is 26.8 Å². The van der Waals surface area contributed by atoms with Crippen molar-refractivity contribution in [2.45, 2.75) is 217 Å². The van der Waals surface area contributed by atoms with E-state index in [1.807, 2.05) is 0 Å². The average molecular weight is 747 g/mol. The largest absolute Gasteiger partial charge is 0.394 e. The van der Waals surface area contributed by atoms with Crippen molar-refractivity contribution in [3.8, 4) is 0 Å². The fourth-order valence-electron chi connectivity index (χ4n) is 6.77. The molecule has 8 atom stereocenters. The van der Waals surface area contributed by atoms with Gasteiger partial charge in [0.1, 0.15) is 30.5 Å². The van der Waals surface area contributed by atoms with Gasteiger partial charge in [-0.15, -0.1) is 0 Å². The summed E-state index contributed by atoms with van der Waals surface area (Å²) in [4.78, 5) is 27.2. The standard InChI is InChI=1S/C40H78N2O10/c1-4-6-8-10-12-14-16-17-18-20-22-24-26-32(44)36(47)31(30-51-40-39(50)38(49)37(48)33(29-43)52-40)41-34(45)28-42(3)35(46)27-25-23-21-19-15-13-11-9-7-5-2/h31-33,36-40,43-44,47-50H,4-30H2,1-3H3,(H,41,45)/t31-,32+,33?,36-,37-,38-,39?,40-/m0/s1. The maximum absolute atomic E-state index is 13.1. The van der Waals surface area contributed by atoms with E-state index in [1.165, 1.54) is 101 Å². The number of carbonyl (C=O) groups excluding carboxylic acids is 2. The highest BCUT2D eigenvalue weighted by atomic mass is 16.7. The molecule has 0 aliphatic carbocycles. The molecule has 12 heteroatoms. The van der Waals surface area contributed by atoms with Crippen LogP contribution < -0.4 is 5.32 Å². The molecule has 1 aliphatic rings. The summed E-state index contributed by atoms with van der Waals surface area (Å²) in [5, 5.41) is 64.9. The normalized spacial score (nSPS) is 22.2. The maximum atomic E-state index is 13.1. The van der Waals surface area contributed by atoms with E-state index >= 15 is 0 Å². The zero-order valence-electron chi connectivity index (χ0n) is 33.0. The summed E-state index contributed by atoms with van der Waals surface area (Å²) in [7, 11) is 1.55. The van der Waals surface area contributed by atoms with Gasteiger partial charge in [0.05, 0.1) is 31.9 Å². The molecule has 0 bridgehead atoms. The molecule has 2 unspecified atom stereocenters. The number of aliphatic hydroxyl groups is 6. The molecule has 2 amide bonds. The molecule has 0 aromatic rings. The number of hydrogen-bond donors (Lipinski definition) is 7. The maximum Gasteiger partial charge on any atom is 0.240 e. The minimum Gasteiger partial charge on any atom is -0.394 e. The fourth-order valence-corrected chi connectivity index (χ4v) is 6.77. The molecule has 12 nitrogen and oxygen atoms in total. The molecular weight excluding hydrogens is 668 g/mol. The van der Waals surface area contributed by atoms with E-state index in [2.05, 4.69) is 19.2 Å². The van der Waals surface area contributed by atoms with Gasteiger partial charge in [-0.25, -0.2) is 0 Å². The van der Waals surface area contributed by atoms with Crippen LogP contribution in [0.15, 0.2) is 0 Å². The lowest BCUT2D eigenvalue weighted by Gasteiger charge is -2.40. The highest BCUT2D eigenvalue weighted by molar-refractivity contribution is 5.84. The third-order valence-electron chi connectivity index (χ3n) is 10.3. The zero-order valence-corrected chi connectivity index (χ0v) is 33.0. The van der Waals surface area contributed by atoms with E-state index < -0.39 is 68.1 Å². The Labute approximate surface area is 315 Å². The van der Waals surface area contributed by atoms with E-state index in [0.29, 0.717) is 19.3 Å². The summed E-state index contributed by atoms with van der Waals surface area (Å²) in [6.45, 7) is 3.13. The lowest BCUT2D eigenvalue weighted by molar-refractivity contribution is -0.303. The van der Waals surface area contributed by atoms with Crippen LogP contribution in [0.25, 0.3) is 0 Å². The molecule has 1 rings (SSSR count). The lowest BCUT2D eigenvalue weighted by Crippen LogP contribution is -2.60. The molecule has 1 fully saturated rings. The molecule has 0 radical (unpaired) electrons. The van der Waals surface area contributed by atoms with E-state index in [0.717, 1.165) is 38.5 Å². The summed E-state index contributed by atoms with van der Waals surface area (Å²) >= 11 is 0. The number of rotatable bonds is 33. The van der Waals surface area contributed by atoms with Crippen LogP contribution in [0.1, 0.15) is 168 Å².